The highest BCUT2D eigenvalue weighted by molar-refractivity contribution is 6.31. The Labute approximate surface area is 155 Å². The molecule has 3 aromatic rings. The van der Waals surface area contributed by atoms with Gasteiger partial charge in [0.15, 0.2) is 0 Å². The molecule has 2 heterocycles. The largest absolute Gasteiger partial charge is 0.394 e. The number of imidazole rings is 1. The summed E-state index contributed by atoms with van der Waals surface area (Å²) in [6.45, 7) is -0.204. The van der Waals surface area contributed by atoms with Gasteiger partial charge in [-0.3, -0.25) is 0 Å². The SMILES string of the molecule is OC[C@@H]1C[C@H](O)[C@H](O)[C@@H](c2cccc(-c3nc4ccc(Cl)cc4[nH]3)c2)O1. The molecule has 2 aromatic carbocycles. The standard InChI is InChI=1S/C19H19ClN2O4/c20-12-4-5-14-15(7-12)22-19(21-14)11-3-1-2-10(6-11)18-17(25)16(24)8-13(9-23)26-18/h1-7,13,16-18,23-25H,8-9H2,(H,21,22)/t13-,16-,17-,18+/m0/s1. The number of aromatic amines is 1. The monoisotopic (exact) mass is 374 g/mol. The second-order valence-electron chi connectivity index (χ2n) is 6.53. The average molecular weight is 375 g/mol. The van der Waals surface area contributed by atoms with Crippen LogP contribution in [0, 0.1) is 0 Å². The highest BCUT2D eigenvalue weighted by Gasteiger charge is 2.37. The number of ether oxygens (including phenoxy) is 1. The molecule has 4 rings (SSSR count). The van der Waals surface area contributed by atoms with E-state index in [0.717, 1.165) is 16.6 Å². The number of hydrogen-bond acceptors (Lipinski definition) is 5. The number of benzene rings is 2. The Bertz CT molecular complexity index is 929. The zero-order valence-corrected chi connectivity index (χ0v) is 14.6. The van der Waals surface area contributed by atoms with E-state index < -0.39 is 24.4 Å². The van der Waals surface area contributed by atoms with Gasteiger partial charge in [0.1, 0.15) is 18.0 Å². The molecule has 136 valence electrons. The molecule has 4 N–H and O–H groups in total. The number of fused-ring (bicyclic) bond motifs is 1. The van der Waals surface area contributed by atoms with Crippen molar-refractivity contribution in [1.29, 1.82) is 0 Å². The van der Waals surface area contributed by atoms with Gasteiger partial charge in [-0.15, -0.1) is 0 Å². The molecule has 1 aromatic heterocycles. The lowest BCUT2D eigenvalue weighted by Crippen LogP contribution is -2.44. The van der Waals surface area contributed by atoms with E-state index >= 15 is 0 Å². The molecular weight excluding hydrogens is 356 g/mol. The normalized spacial score (nSPS) is 26.3. The number of aliphatic hydroxyl groups is 3. The topological polar surface area (TPSA) is 98.6 Å². The molecule has 0 spiro atoms. The lowest BCUT2D eigenvalue weighted by Gasteiger charge is -2.36. The van der Waals surface area contributed by atoms with Gasteiger partial charge < -0.3 is 25.0 Å². The molecular formula is C19H19ClN2O4. The van der Waals surface area contributed by atoms with Gasteiger partial charge in [0.05, 0.1) is 29.8 Å². The number of nitrogens with one attached hydrogen (secondary N) is 1. The second kappa shape index (κ2) is 6.98. The molecule has 0 amide bonds. The molecule has 4 atom stereocenters. The molecule has 26 heavy (non-hydrogen) atoms. The van der Waals surface area contributed by atoms with E-state index in [2.05, 4.69) is 9.97 Å². The van der Waals surface area contributed by atoms with Crippen LogP contribution in [0.15, 0.2) is 42.5 Å². The van der Waals surface area contributed by atoms with E-state index in [0.29, 0.717) is 16.4 Å². The minimum atomic E-state index is -1.05. The highest BCUT2D eigenvalue weighted by Crippen LogP contribution is 2.33. The van der Waals surface area contributed by atoms with Gasteiger partial charge in [0, 0.05) is 17.0 Å². The molecule has 0 aliphatic carbocycles. The van der Waals surface area contributed by atoms with E-state index in [1.165, 1.54) is 0 Å². The summed E-state index contributed by atoms with van der Waals surface area (Å²) in [4.78, 5) is 7.80. The van der Waals surface area contributed by atoms with Crippen LogP contribution in [0.4, 0.5) is 0 Å². The van der Waals surface area contributed by atoms with Crippen molar-refractivity contribution in [2.75, 3.05) is 6.61 Å². The molecule has 1 saturated heterocycles. The van der Waals surface area contributed by atoms with Crippen molar-refractivity contribution >= 4 is 22.6 Å². The predicted octanol–water partition coefficient (Wildman–Crippen LogP) is 2.43. The summed E-state index contributed by atoms with van der Waals surface area (Å²) < 4.78 is 5.76. The van der Waals surface area contributed by atoms with Crippen LogP contribution in [-0.2, 0) is 4.74 Å². The first-order valence-electron chi connectivity index (χ1n) is 8.43. The maximum Gasteiger partial charge on any atom is 0.138 e. The van der Waals surface area contributed by atoms with Gasteiger partial charge in [0.2, 0.25) is 0 Å². The van der Waals surface area contributed by atoms with Gasteiger partial charge in [0.25, 0.3) is 0 Å². The smallest absolute Gasteiger partial charge is 0.138 e. The van der Waals surface area contributed by atoms with Crippen LogP contribution in [0.25, 0.3) is 22.4 Å². The third-order valence-corrected chi connectivity index (χ3v) is 4.92. The summed E-state index contributed by atoms with van der Waals surface area (Å²) in [7, 11) is 0. The summed E-state index contributed by atoms with van der Waals surface area (Å²) in [6.07, 6.45) is -3.01. The van der Waals surface area contributed by atoms with Crippen LogP contribution in [0.5, 0.6) is 0 Å². The van der Waals surface area contributed by atoms with E-state index in [1.54, 1.807) is 6.07 Å². The third-order valence-electron chi connectivity index (χ3n) is 4.68. The first-order chi connectivity index (χ1) is 12.5. The minimum absolute atomic E-state index is 0.204. The Balaban J connectivity index is 1.69. The third kappa shape index (κ3) is 3.22. The summed E-state index contributed by atoms with van der Waals surface area (Å²) in [5.41, 5.74) is 3.18. The van der Waals surface area contributed by atoms with Crippen molar-refractivity contribution in [3.63, 3.8) is 0 Å². The van der Waals surface area contributed by atoms with Crippen molar-refractivity contribution < 1.29 is 20.1 Å². The average Bonchev–Trinajstić information content (AvgIpc) is 3.07. The number of aliphatic hydroxyl groups excluding tert-OH is 3. The Morgan fingerprint density at radius 3 is 2.85 bits per heavy atom. The van der Waals surface area contributed by atoms with Gasteiger partial charge >= 0.3 is 0 Å². The molecule has 1 fully saturated rings. The molecule has 0 radical (unpaired) electrons. The summed E-state index contributed by atoms with van der Waals surface area (Å²) >= 11 is 6.02. The Morgan fingerprint density at radius 1 is 1.19 bits per heavy atom. The van der Waals surface area contributed by atoms with Crippen molar-refractivity contribution in [3.8, 4) is 11.4 Å². The van der Waals surface area contributed by atoms with Gasteiger partial charge in [-0.2, -0.15) is 0 Å². The van der Waals surface area contributed by atoms with Gasteiger partial charge in [-0.05, 0) is 29.8 Å². The van der Waals surface area contributed by atoms with Crippen LogP contribution >= 0.6 is 11.6 Å². The van der Waals surface area contributed by atoms with Crippen molar-refractivity contribution in [2.24, 2.45) is 0 Å². The van der Waals surface area contributed by atoms with Gasteiger partial charge in [-0.25, -0.2) is 4.98 Å². The fourth-order valence-corrected chi connectivity index (χ4v) is 3.50. The molecule has 0 saturated carbocycles. The van der Waals surface area contributed by atoms with Crippen LogP contribution in [-0.4, -0.2) is 50.2 Å². The second-order valence-corrected chi connectivity index (χ2v) is 6.96. The van der Waals surface area contributed by atoms with Crippen LogP contribution in [0.3, 0.4) is 0 Å². The van der Waals surface area contributed by atoms with Crippen molar-refractivity contribution in [3.05, 3.63) is 53.1 Å². The van der Waals surface area contributed by atoms with E-state index in [9.17, 15) is 15.3 Å². The Morgan fingerprint density at radius 2 is 2.04 bits per heavy atom. The summed E-state index contributed by atoms with van der Waals surface area (Å²) in [5.74, 6) is 0.675. The molecule has 0 bridgehead atoms. The zero-order valence-electron chi connectivity index (χ0n) is 13.8. The summed E-state index contributed by atoms with van der Waals surface area (Å²) in [6, 6.07) is 12.9. The number of aromatic nitrogens is 2. The number of rotatable bonds is 3. The van der Waals surface area contributed by atoms with Crippen LogP contribution < -0.4 is 0 Å². The first kappa shape index (κ1) is 17.5. The highest BCUT2D eigenvalue weighted by atomic mass is 35.5. The molecule has 7 heteroatoms. The first-order valence-corrected chi connectivity index (χ1v) is 8.81. The van der Waals surface area contributed by atoms with Crippen LogP contribution in [0.2, 0.25) is 5.02 Å². The van der Waals surface area contributed by atoms with E-state index in [4.69, 9.17) is 16.3 Å². The maximum absolute atomic E-state index is 10.3. The zero-order chi connectivity index (χ0) is 18.3. The Kier molecular flexibility index (Phi) is 4.69. The predicted molar refractivity (Wildman–Crippen MR) is 97.9 cm³/mol. The van der Waals surface area contributed by atoms with Crippen molar-refractivity contribution in [1.82, 2.24) is 9.97 Å². The number of nitrogens with zero attached hydrogens (tertiary/aromatic N) is 1. The van der Waals surface area contributed by atoms with E-state index in [-0.39, 0.29) is 13.0 Å². The molecule has 6 nitrogen and oxygen atoms in total. The van der Waals surface area contributed by atoms with Crippen LogP contribution in [0.1, 0.15) is 18.1 Å². The lowest BCUT2D eigenvalue weighted by molar-refractivity contribution is -0.179. The quantitative estimate of drug-likeness (QED) is 0.564. The molecule has 1 aliphatic heterocycles. The van der Waals surface area contributed by atoms with Gasteiger partial charge in [-0.1, -0.05) is 29.8 Å². The fraction of sp³-hybridized carbons (Fsp3) is 0.316. The van der Waals surface area contributed by atoms with E-state index in [1.807, 2.05) is 36.4 Å². The maximum atomic E-state index is 10.3. The fourth-order valence-electron chi connectivity index (χ4n) is 3.33. The molecule has 0 unspecified atom stereocenters. The number of hydrogen-bond donors (Lipinski definition) is 4. The van der Waals surface area contributed by atoms with Crippen molar-refractivity contribution in [2.45, 2.75) is 30.8 Å². The number of halogens is 1. The Hall–Kier alpha value is -1.96. The minimum Gasteiger partial charge on any atom is -0.394 e. The number of H-pyrrole nitrogens is 1. The lowest BCUT2D eigenvalue weighted by atomic mass is 9.92. The molecule has 1 aliphatic rings. The summed E-state index contributed by atoms with van der Waals surface area (Å²) in [5, 5.41) is 30.3.